The van der Waals surface area contributed by atoms with Gasteiger partial charge in [0, 0.05) is 12.6 Å². The fourth-order valence-electron chi connectivity index (χ4n) is 1.81. The van der Waals surface area contributed by atoms with Crippen molar-refractivity contribution in [2.75, 3.05) is 6.54 Å². The predicted molar refractivity (Wildman–Crippen MR) is 30.5 cm³/mol. The molecule has 0 aromatic rings. The van der Waals surface area contributed by atoms with E-state index in [0.717, 1.165) is 6.54 Å². The molecular weight excluding hydrogens is 102 g/mol. The predicted octanol–water partition coefficient (Wildman–Crippen LogP) is -0.271. The van der Waals surface area contributed by atoms with Gasteiger partial charge in [-0.3, -0.25) is 0 Å². The van der Waals surface area contributed by atoms with Crippen LogP contribution in [0.2, 0.25) is 0 Å². The van der Waals surface area contributed by atoms with E-state index in [1.54, 1.807) is 0 Å². The molecule has 1 saturated carbocycles. The molecule has 2 rings (SSSR count). The van der Waals surface area contributed by atoms with E-state index >= 15 is 0 Å². The summed E-state index contributed by atoms with van der Waals surface area (Å²) in [7, 11) is 0. The number of aliphatic hydroxyl groups is 1. The average Bonchev–Trinajstić information content (AvgIpc) is 2.29. The zero-order valence-corrected chi connectivity index (χ0v) is 4.80. The summed E-state index contributed by atoms with van der Waals surface area (Å²) in [5.74, 6) is 0.583. The minimum atomic E-state index is -0.0185. The molecule has 1 heterocycles. The Bertz CT molecular complexity index is 84.7. The van der Waals surface area contributed by atoms with Gasteiger partial charge >= 0.3 is 0 Å². The molecule has 0 spiro atoms. The Labute approximate surface area is 48.9 Å². The van der Waals surface area contributed by atoms with Gasteiger partial charge < -0.3 is 10.4 Å². The number of nitrogens with one attached hydrogen (secondary N) is 1. The van der Waals surface area contributed by atoms with Crippen molar-refractivity contribution in [1.29, 1.82) is 0 Å². The number of piperidine rings is 1. The molecule has 0 aromatic carbocycles. The van der Waals surface area contributed by atoms with Crippen LogP contribution in [0.4, 0.5) is 0 Å². The number of hydrogen-bond acceptors (Lipinski definition) is 2. The maximum Gasteiger partial charge on any atom is 0.0733 e. The molecule has 2 nitrogen and oxygen atoms in total. The first kappa shape index (κ1) is 4.77. The third kappa shape index (κ3) is 0.446. The molecule has 46 valence electrons. The second-order valence-electron chi connectivity index (χ2n) is 2.84. The highest BCUT2D eigenvalue weighted by Gasteiger charge is 2.39. The van der Waals surface area contributed by atoms with Crippen molar-refractivity contribution in [2.45, 2.75) is 25.0 Å². The van der Waals surface area contributed by atoms with Crippen LogP contribution in [0.25, 0.3) is 0 Å². The van der Waals surface area contributed by atoms with Gasteiger partial charge in [-0.2, -0.15) is 0 Å². The Morgan fingerprint density at radius 3 is 2.38 bits per heavy atom. The van der Waals surface area contributed by atoms with Gasteiger partial charge in [0.1, 0.15) is 0 Å². The van der Waals surface area contributed by atoms with Crippen molar-refractivity contribution >= 4 is 0 Å². The molecule has 0 amide bonds. The van der Waals surface area contributed by atoms with Crippen molar-refractivity contribution in [3.8, 4) is 0 Å². The largest absolute Gasteiger partial charge is 0.391 e. The lowest BCUT2D eigenvalue weighted by Crippen LogP contribution is -2.27. The summed E-state index contributed by atoms with van der Waals surface area (Å²) in [6.45, 7) is 1.05. The second-order valence-corrected chi connectivity index (χ2v) is 2.84. The van der Waals surface area contributed by atoms with E-state index in [0.29, 0.717) is 12.0 Å². The molecule has 8 heavy (non-hydrogen) atoms. The van der Waals surface area contributed by atoms with E-state index < -0.39 is 0 Å². The van der Waals surface area contributed by atoms with E-state index in [4.69, 9.17) is 0 Å². The highest BCUT2D eigenvalue weighted by molar-refractivity contribution is 4.96. The maximum atomic E-state index is 9.27. The summed E-state index contributed by atoms with van der Waals surface area (Å²) >= 11 is 0. The molecular formula is C6H11NO. The van der Waals surface area contributed by atoms with Crippen LogP contribution >= 0.6 is 0 Å². The summed E-state index contributed by atoms with van der Waals surface area (Å²) in [6, 6.07) is 0.444. The SMILES string of the molecule is O[C@@H]1[C@@H]2CC[C@H]1NC2. The van der Waals surface area contributed by atoms with E-state index in [2.05, 4.69) is 5.32 Å². The highest BCUT2D eigenvalue weighted by Crippen LogP contribution is 2.30. The zero-order chi connectivity index (χ0) is 5.56. The van der Waals surface area contributed by atoms with E-state index in [9.17, 15) is 5.11 Å². The molecule has 0 aromatic heterocycles. The normalized spacial score (nSPS) is 52.9. The maximum absolute atomic E-state index is 9.27. The van der Waals surface area contributed by atoms with Crippen molar-refractivity contribution in [2.24, 2.45) is 5.92 Å². The van der Waals surface area contributed by atoms with Crippen molar-refractivity contribution < 1.29 is 5.11 Å². The first-order valence-corrected chi connectivity index (χ1v) is 3.29. The number of rotatable bonds is 0. The first-order chi connectivity index (χ1) is 3.88. The molecule has 1 aliphatic heterocycles. The first-order valence-electron chi connectivity index (χ1n) is 3.29. The Hall–Kier alpha value is -0.0800. The van der Waals surface area contributed by atoms with Crippen LogP contribution in [0.15, 0.2) is 0 Å². The molecule has 2 fully saturated rings. The number of aliphatic hydroxyl groups excluding tert-OH is 1. The van der Waals surface area contributed by atoms with Crippen LogP contribution in [0.1, 0.15) is 12.8 Å². The number of hydrogen-bond donors (Lipinski definition) is 2. The monoisotopic (exact) mass is 113 g/mol. The van der Waals surface area contributed by atoms with Crippen molar-refractivity contribution in [3.05, 3.63) is 0 Å². The van der Waals surface area contributed by atoms with Crippen LogP contribution in [-0.2, 0) is 0 Å². The summed E-state index contributed by atoms with van der Waals surface area (Å²) < 4.78 is 0. The quantitative estimate of drug-likeness (QED) is 0.453. The molecule has 3 atom stereocenters. The topological polar surface area (TPSA) is 32.3 Å². The minimum Gasteiger partial charge on any atom is -0.391 e. The van der Waals surface area contributed by atoms with Gasteiger partial charge in [0.05, 0.1) is 6.10 Å². The Kier molecular flexibility index (Phi) is 0.866. The third-order valence-electron chi connectivity index (χ3n) is 2.39. The van der Waals surface area contributed by atoms with Gasteiger partial charge in [0.25, 0.3) is 0 Å². The van der Waals surface area contributed by atoms with Gasteiger partial charge in [-0.15, -0.1) is 0 Å². The third-order valence-corrected chi connectivity index (χ3v) is 2.39. The summed E-state index contributed by atoms with van der Waals surface area (Å²) in [6.07, 6.45) is 2.40. The summed E-state index contributed by atoms with van der Waals surface area (Å²) in [4.78, 5) is 0. The zero-order valence-electron chi connectivity index (χ0n) is 4.80. The Morgan fingerprint density at radius 1 is 1.38 bits per heavy atom. The lowest BCUT2D eigenvalue weighted by molar-refractivity contribution is 0.150. The van der Waals surface area contributed by atoms with Gasteiger partial charge in [0.2, 0.25) is 0 Å². The molecule has 2 aliphatic rings. The summed E-state index contributed by atoms with van der Waals surface area (Å²) in [5.41, 5.74) is 0. The van der Waals surface area contributed by atoms with Crippen molar-refractivity contribution in [3.63, 3.8) is 0 Å². The van der Waals surface area contributed by atoms with E-state index in [1.807, 2.05) is 0 Å². The molecule has 2 heteroatoms. The van der Waals surface area contributed by atoms with E-state index in [-0.39, 0.29) is 6.10 Å². The molecule has 2 N–H and O–H groups in total. The minimum absolute atomic E-state index is 0.0185. The Morgan fingerprint density at radius 2 is 2.25 bits per heavy atom. The van der Waals surface area contributed by atoms with Crippen LogP contribution < -0.4 is 5.32 Å². The van der Waals surface area contributed by atoms with Crippen molar-refractivity contribution in [1.82, 2.24) is 5.32 Å². The standard InChI is InChI=1S/C6H11NO/c8-6-4-1-2-5(6)7-3-4/h4-8H,1-3H2/t4-,5-,6-/m1/s1. The van der Waals surface area contributed by atoms with Gasteiger partial charge in [-0.25, -0.2) is 0 Å². The van der Waals surface area contributed by atoms with Gasteiger partial charge in [0.15, 0.2) is 0 Å². The molecule has 2 bridgehead atoms. The van der Waals surface area contributed by atoms with Crippen LogP contribution in [0.3, 0.4) is 0 Å². The summed E-state index contributed by atoms with van der Waals surface area (Å²) in [5, 5.41) is 12.5. The van der Waals surface area contributed by atoms with E-state index in [1.165, 1.54) is 12.8 Å². The Balaban J connectivity index is 2.16. The second kappa shape index (κ2) is 1.45. The van der Waals surface area contributed by atoms with Gasteiger partial charge in [-0.05, 0) is 18.8 Å². The van der Waals surface area contributed by atoms with Gasteiger partial charge in [-0.1, -0.05) is 0 Å². The average molecular weight is 113 g/mol. The molecule has 0 radical (unpaired) electrons. The molecule has 1 aliphatic carbocycles. The lowest BCUT2D eigenvalue weighted by atomic mass is 10.1. The van der Waals surface area contributed by atoms with Crippen LogP contribution in [-0.4, -0.2) is 23.8 Å². The smallest absolute Gasteiger partial charge is 0.0733 e. The highest BCUT2D eigenvalue weighted by atomic mass is 16.3. The fraction of sp³-hybridized carbons (Fsp3) is 1.00. The fourth-order valence-corrected chi connectivity index (χ4v) is 1.81. The van der Waals surface area contributed by atoms with Crippen LogP contribution in [0.5, 0.6) is 0 Å². The lowest BCUT2D eigenvalue weighted by Gasteiger charge is -2.07. The molecule has 1 saturated heterocycles. The van der Waals surface area contributed by atoms with Crippen LogP contribution in [0, 0.1) is 5.92 Å². The molecule has 0 unspecified atom stereocenters. The number of fused-ring (bicyclic) bond motifs is 2.